The number of benzene rings is 1. The molecule has 1 atom stereocenters. The summed E-state index contributed by atoms with van der Waals surface area (Å²) in [6.45, 7) is 7.44. The summed E-state index contributed by atoms with van der Waals surface area (Å²) >= 11 is 0. The molecule has 25 heavy (non-hydrogen) atoms. The first-order valence-corrected chi connectivity index (χ1v) is 8.78. The van der Waals surface area contributed by atoms with Gasteiger partial charge in [0.2, 0.25) is 0 Å². The fraction of sp³-hybridized carbons (Fsp3) is 0.611. The number of halogens is 2. The van der Waals surface area contributed by atoms with Crippen LogP contribution in [0.4, 0.5) is 14.5 Å². The van der Waals surface area contributed by atoms with E-state index in [2.05, 4.69) is 41.4 Å². The van der Waals surface area contributed by atoms with E-state index in [1.807, 2.05) is 4.90 Å². The molecule has 7 heteroatoms. The van der Waals surface area contributed by atoms with Gasteiger partial charge in [0, 0.05) is 51.4 Å². The van der Waals surface area contributed by atoms with Crippen LogP contribution in [-0.4, -0.2) is 63.2 Å². The second-order valence-corrected chi connectivity index (χ2v) is 6.75. The maximum Gasteiger partial charge on any atom is 0.191 e. The smallest absolute Gasteiger partial charge is 0.191 e. The van der Waals surface area contributed by atoms with Crippen molar-refractivity contribution in [2.45, 2.75) is 32.4 Å². The van der Waals surface area contributed by atoms with Crippen LogP contribution < -0.4 is 15.5 Å². The van der Waals surface area contributed by atoms with E-state index in [1.165, 1.54) is 12.1 Å². The molecule has 2 N–H and O–H groups in total. The van der Waals surface area contributed by atoms with Crippen LogP contribution >= 0.6 is 0 Å². The molecule has 2 rings (SSSR count). The number of nitrogens with one attached hydrogen (secondary N) is 2. The summed E-state index contributed by atoms with van der Waals surface area (Å²) in [7, 11) is 3.84. The predicted octanol–water partition coefficient (Wildman–Crippen LogP) is 2.05. The molecule has 1 aliphatic heterocycles. The Morgan fingerprint density at radius 1 is 1.40 bits per heavy atom. The Hall–Kier alpha value is -1.89. The second-order valence-electron chi connectivity index (χ2n) is 6.75. The van der Waals surface area contributed by atoms with Gasteiger partial charge in [-0.15, -0.1) is 0 Å². The number of rotatable bonds is 6. The first-order chi connectivity index (χ1) is 11.9. The topological polar surface area (TPSA) is 42.9 Å². The van der Waals surface area contributed by atoms with Gasteiger partial charge in [-0.3, -0.25) is 4.99 Å². The van der Waals surface area contributed by atoms with Crippen LogP contribution in [0.25, 0.3) is 0 Å². The van der Waals surface area contributed by atoms with E-state index in [4.69, 9.17) is 0 Å². The van der Waals surface area contributed by atoms with Gasteiger partial charge in [0.1, 0.15) is 11.6 Å². The molecule has 1 aromatic carbocycles. The summed E-state index contributed by atoms with van der Waals surface area (Å²) in [6, 6.07) is 4.42. The highest BCUT2D eigenvalue weighted by atomic mass is 19.1. The zero-order valence-electron chi connectivity index (χ0n) is 15.5. The number of aliphatic imine (C=N–C) groups is 1. The van der Waals surface area contributed by atoms with Crippen LogP contribution in [0.2, 0.25) is 0 Å². The van der Waals surface area contributed by atoms with Crippen LogP contribution in [-0.2, 0) is 0 Å². The van der Waals surface area contributed by atoms with Crippen molar-refractivity contribution in [1.82, 2.24) is 15.5 Å². The summed E-state index contributed by atoms with van der Waals surface area (Å²) in [5.74, 6) is -0.311. The minimum atomic E-state index is -0.550. The van der Waals surface area contributed by atoms with Gasteiger partial charge in [0.15, 0.2) is 5.96 Å². The van der Waals surface area contributed by atoms with Gasteiger partial charge in [-0.2, -0.15) is 0 Å². The third-order valence-corrected chi connectivity index (χ3v) is 4.64. The monoisotopic (exact) mass is 353 g/mol. The summed E-state index contributed by atoms with van der Waals surface area (Å²) in [5, 5.41) is 6.69. The molecule has 1 saturated heterocycles. The molecule has 0 bridgehead atoms. The Bertz CT molecular complexity index is 591. The average molecular weight is 353 g/mol. The third-order valence-electron chi connectivity index (χ3n) is 4.64. The van der Waals surface area contributed by atoms with E-state index in [0.29, 0.717) is 18.3 Å². The molecule has 1 fully saturated rings. The summed E-state index contributed by atoms with van der Waals surface area (Å²) in [6.07, 6.45) is 0.878. The van der Waals surface area contributed by atoms with Crippen molar-refractivity contribution in [3.63, 3.8) is 0 Å². The molecule has 0 aliphatic carbocycles. The van der Waals surface area contributed by atoms with Crippen LogP contribution in [0.5, 0.6) is 0 Å². The number of nitrogens with zero attached hydrogens (tertiary/aromatic N) is 3. The molecule has 140 valence electrons. The van der Waals surface area contributed by atoms with E-state index < -0.39 is 11.6 Å². The minimum Gasteiger partial charge on any atom is -0.367 e. The first kappa shape index (κ1) is 19.4. The lowest BCUT2D eigenvalue weighted by atomic mass is 10.2. The molecule has 1 aliphatic rings. The number of hydrogen-bond donors (Lipinski definition) is 2. The van der Waals surface area contributed by atoms with E-state index >= 15 is 0 Å². The Morgan fingerprint density at radius 2 is 2.16 bits per heavy atom. The normalized spacial score (nSPS) is 18.3. The number of guanidine groups is 1. The first-order valence-electron chi connectivity index (χ1n) is 8.78. The van der Waals surface area contributed by atoms with E-state index in [0.717, 1.165) is 38.1 Å². The SMILES string of the molecule is CN=C(NCCN(C)C(C)C)NC1CCN(c2ccc(F)cc2F)C1. The third kappa shape index (κ3) is 5.56. The van der Waals surface area contributed by atoms with Crippen molar-refractivity contribution >= 4 is 11.6 Å². The average Bonchev–Trinajstić information content (AvgIpc) is 3.01. The lowest BCUT2D eigenvalue weighted by Gasteiger charge is -2.23. The summed E-state index contributed by atoms with van der Waals surface area (Å²) < 4.78 is 27.0. The quantitative estimate of drug-likeness (QED) is 0.607. The van der Waals surface area contributed by atoms with Crippen LogP contribution in [0.3, 0.4) is 0 Å². The van der Waals surface area contributed by atoms with Crippen LogP contribution in [0.15, 0.2) is 23.2 Å². The highest BCUT2D eigenvalue weighted by Crippen LogP contribution is 2.24. The van der Waals surface area contributed by atoms with Gasteiger partial charge in [-0.1, -0.05) is 0 Å². The fourth-order valence-corrected chi connectivity index (χ4v) is 2.83. The number of likely N-dealkylation sites (N-methyl/N-ethyl adjacent to an activating group) is 1. The Balaban J connectivity index is 1.82. The van der Waals surface area contributed by atoms with E-state index in [9.17, 15) is 8.78 Å². The molecule has 0 saturated carbocycles. The Labute approximate surface area is 149 Å². The molecule has 1 unspecified atom stereocenters. The lowest BCUT2D eigenvalue weighted by molar-refractivity contribution is 0.278. The standard InChI is InChI=1S/C18H29F2N5/c1-13(2)24(4)10-8-22-18(21-3)23-15-7-9-25(12-15)17-6-5-14(19)11-16(17)20/h5-6,11,13,15H,7-10,12H2,1-4H3,(H2,21,22,23). The van der Waals surface area contributed by atoms with Crippen molar-refractivity contribution in [2.24, 2.45) is 4.99 Å². The molecule has 0 radical (unpaired) electrons. The fourth-order valence-electron chi connectivity index (χ4n) is 2.83. The van der Waals surface area contributed by atoms with Crippen molar-refractivity contribution in [2.75, 3.05) is 45.2 Å². The molecular weight excluding hydrogens is 324 g/mol. The molecule has 1 heterocycles. The zero-order chi connectivity index (χ0) is 18.4. The highest BCUT2D eigenvalue weighted by molar-refractivity contribution is 5.80. The maximum absolute atomic E-state index is 13.9. The summed E-state index contributed by atoms with van der Waals surface area (Å²) in [5.41, 5.74) is 0.451. The van der Waals surface area contributed by atoms with Crippen molar-refractivity contribution < 1.29 is 8.78 Å². The van der Waals surface area contributed by atoms with Crippen LogP contribution in [0, 0.1) is 11.6 Å². The van der Waals surface area contributed by atoms with Gasteiger partial charge in [-0.25, -0.2) is 8.78 Å². The van der Waals surface area contributed by atoms with Crippen molar-refractivity contribution in [3.8, 4) is 0 Å². The number of hydrogen-bond acceptors (Lipinski definition) is 3. The van der Waals surface area contributed by atoms with Gasteiger partial charge in [0.05, 0.1) is 5.69 Å². The van der Waals surface area contributed by atoms with E-state index in [1.54, 1.807) is 7.05 Å². The number of anilines is 1. The predicted molar refractivity (Wildman–Crippen MR) is 99.2 cm³/mol. The van der Waals surface area contributed by atoms with Crippen LogP contribution in [0.1, 0.15) is 20.3 Å². The van der Waals surface area contributed by atoms with Crippen molar-refractivity contribution in [3.05, 3.63) is 29.8 Å². The molecule has 0 amide bonds. The van der Waals surface area contributed by atoms with Gasteiger partial charge in [-0.05, 0) is 39.4 Å². The largest absolute Gasteiger partial charge is 0.367 e. The molecular formula is C18H29F2N5. The Morgan fingerprint density at radius 3 is 2.80 bits per heavy atom. The second kappa shape index (κ2) is 8.99. The van der Waals surface area contributed by atoms with Gasteiger partial charge in [0.25, 0.3) is 0 Å². The zero-order valence-corrected chi connectivity index (χ0v) is 15.5. The minimum absolute atomic E-state index is 0.179. The summed E-state index contributed by atoms with van der Waals surface area (Å²) in [4.78, 5) is 8.45. The lowest BCUT2D eigenvalue weighted by Crippen LogP contribution is -2.46. The molecule has 0 spiro atoms. The highest BCUT2D eigenvalue weighted by Gasteiger charge is 2.25. The molecule has 5 nitrogen and oxygen atoms in total. The van der Waals surface area contributed by atoms with E-state index in [-0.39, 0.29) is 6.04 Å². The maximum atomic E-state index is 13.9. The molecule has 1 aromatic rings. The van der Waals surface area contributed by atoms with Crippen molar-refractivity contribution in [1.29, 1.82) is 0 Å². The molecule has 0 aromatic heterocycles. The van der Waals surface area contributed by atoms with Gasteiger partial charge < -0.3 is 20.4 Å². The Kier molecular flexibility index (Phi) is 6.99. The van der Waals surface area contributed by atoms with Gasteiger partial charge >= 0.3 is 0 Å².